The smallest absolute Gasteiger partial charge is 0.314 e. The monoisotopic (exact) mass is 387 g/mol. The lowest BCUT2D eigenvalue weighted by Gasteiger charge is -2.24. The van der Waals surface area contributed by atoms with E-state index in [1.165, 1.54) is 7.11 Å². The molecule has 2 unspecified atom stereocenters. The van der Waals surface area contributed by atoms with E-state index in [2.05, 4.69) is 6.92 Å². The number of esters is 1. The fourth-order valence-electron chi connectivity index (χ4n) is 3.52. The Balaban J connectivity index is 1.81. The van der Waals surface area contributed by atoms with Gasteiger partial charge in [0.25, 0.3) is 0 Å². The number of ether oxygens (including phenoxy) is 1. The van der Waals surface area contributed by atoms with Crippen LogP contribution in [-0.2, 0) is 27.3 Å². The molecular weight excluding hydrogens is 362 g/mol. The van der Waals surface area contributed by atoms with Crippen molar-refractivity contribution < 1.29 is 18.9 Å². The molecule has 1 aromatic heterocycles. The van der Waals surface area contributed by atoms with Crippen LogP contribution >= 0.6 is 0 Å². The first-order chi connectivity index (χ1) is 13.1. The molecule has 1 aliphatic heterocycles. The van der Waals surface area contributed by atoms with E-state index in [1.54, 1.807) is 30.3 Å². The average molecular weight is 388 g/mol. The normalized spacial score (nSPS) is 17.2. The van der Waals surface area contributed by atoms with Crippen molar-refractivity contribution in [2.24, 2.45) is 0 Å². The Kier molecular flexibility index (Phi) is 6.39. The molecule has 2 atom stereocenters. The molecule has 0 fully saturated rings. The molecule has 5 nitrogen and oxygen atoms in total. The molecule has 0 saturated heterocycles. The number of rotatable bonds is 7. The van der Waals surface area contributed by atoms with Gasteiger partial charge in [0.15, 0.2) is 4.90 Å². The summed E-state index contributed by atoms with van der Waals surface area (Å²) in [5.41, 5.74) is 1.99. The molecule has 0 saturated carbocycles. The number of benzene rings is 1. The first-order valence-electron chi connectivity index (χ1n) is 9.37. The van der Waals surface area contributed by atoms with Gasteiger partial charge in [-0.25, -0.2) is 0 Å². The van der Waals surface area contributed by atoms with E-state index in [0.29, 0.717) is 17.0 Å². The van der Waals surface area contributed by atoms with Crippen LogP contribution in [0.5, 0.6) is 0 Å². The first-order valence-corrected chi connectivity index (χ1v) is 10.7. The predicted octanol–water partition coefficient (Wildman–Crippen LogP) is 3.68. The van der Waals surface area contributed by atoms with E-state index < -0.39 is 11.2 Å². The van der Waals surface area contributed by atoms with E-state index >= 15 is 0 Å². The highest BCUT2D eigenvalue weighted by Crippen LogP contribution is 2.31. The highest BCUT2D eigenvalue weighted by Gasteiger charge is 2.30. The highest BCUT2D eigenvalue weighted by atomic mass is 32.2. The van der Waals surface area contributed by atoms with E-state index in [0.717, 1.165) is 42.8 Å². The van der Waals surface area contributed by atoms with Crippen LogP contribution < -0.4 is 0 Å². The molecule has 144 valence electrons. The number of fused-ring (bicyclic) bond motifs is 1. The maximum absolute atomic E-state index is 13.0. The largest absolute Gasteiger partial charge is 0.611 e. The highest BCUT2D eigenvalue weighted by molar-refractivity contribution is 7.91. The molecule has 1 aliphatic rings. The number of ketones is 1. The van der Waals surface area contributed by atoms with Gasteiger partial charge in [-0.05, 0) is 66.8 Å². The summed E-state index contributed by atoms with van der Waals surface area (Å²) in [6.07, 6.45) is 3.50. The minimum atomic E-state index is -1.02. The summed E-state index contributed by atoms with van der Waals surface area (Å²) in [6, 6.07) is 10.7. The van der Waals surface area contributed by atoms with Crippen molar-refractivity contribution in [1.82, 2.24) is 4.57 Å². The van der Waals surface area contributed by atoms with E-state index in [4.69, 9.17) is 4.74 Å². The zero-order valence-corrected chi connectivity index (χ0v) is 16.6. The Morgan fingerprint density at radius 3 is 2.63 bits per heavy atom. The Morgan fingerprint density at radius 1 is 1.22 bits per heavy atom. The predicted molar refractivity (Wildman–Crippen MR) is 104 cm³/mol. The molecule has 0 aliphatic carbocycles. The Hall–Kier alpha value is -2.05. The molecule has 0 amide bonds. The molecule has 27 heavy (non-hydrogen) atoms. The van der Waals surface area contributed by atoms with Gasteiger partial charge in [0.05, 0.1) is 18.7 Å². The van der Waals surface area contributed by atoms with Crippen LogP contribution in [0.15, 0.2) is 41.3 Å². The molecule has 6 heteroatoms. The molecule has 0 radical (unpaired) electrons. The summed E-state index contributed by atoms with van der Waals surface area (Å²) in [6.45, 7) is 2.79. The molecule has 3 rings (SSSR count). The van der Waals surface area contributed by atoms with Crippen molar-refractivity contribution in [3.05, 3.63) is 53.3 Å². The Morgan fingerprint density at radius 2 is 1.96 bits per heavy atom. The maximum Gasteiger partial charge on any atom is 0.314 e. The van der Waals surface area contributed by atoms with Crippen LogP contribution in [-0.4, -0.2) is 33.7 Å². The van der Waals surface area contributed by atoms with Gasteiger partial charge in [0, 0.05) is 17.8 Å². The van der Waals surface area contributed by atoms with E-state index in [9.17, 15) is 14.1 Å². The van der Waals surface area contributed by atoms with Crippen LogP contribution in [0.1, 0.15) is 60.3 Å². The van der Waals surface area contributed by atoms with Gasteiger partial charge in [-0.15, -0.1) is 0 Å². The quantitative estimate of drug-likeness (QED) is 0.413. The molecular formula is C21H25NO4S. The van der Waals surface area contributed by atoms with Gasteiger partial charge in [-0.3, -0.25) is 9.59 Å². The van der Waals surface area contributed by atoms with Gasteiger partial charge in [0.2, 0.25) is 5.78 Å². The number of hydrogen-bond donors (Lipinski definition) is 0. The topological polar surface area (TPSA) is 71.4 Å². The molecule has 2 aromatic rings. The summed E-state index contributed by atoms with van der Waals surface area (Å²) in [7, 11) is 1.39. The third-order valence-electron chi connectivity index (χ3n) is 5.03. The Bertz CT molecular complexity index is 812. The molecule has 0 spiro atoms. The van der Waals surface area contributed by atoms with Crippen LogP contribution in [0.25, 0.3) is 0 Å². The van der Waals surface area contributed by atoms with Crippen molar-refractivity contribution in [3.63, 3.8) is 0 Å². The number of carbonyl (C=O) groups excluding carboxylic acids is 2. The summed E-state index contributed by atoms with van der Waals surface area (Å²) >= 11 is -1.02. The van der Waals surface area contributed by atoms with Crippen LogP contribution in [0.4, 0.5) is 0 Å². The number of carbonyl (C=O) groups is 2. The van der Waals surface area contributed by atoms with Gasteiger partial charge in [0.1, 0.15) is 5.75 Å². The third kappa shape index (κ3) is 4.12. The molecule has 2 heterocycles. The zero-order chi connectivity index (χ0) is 19.4. The lowest BCUT2D eigenvalue weighted by Crippen LogP contribution is -2.24. The lowest BCUT2D eigenvalue weighted by molar-refractivity contribution is -0.143. The fourth-order valence-corrected chi connectivity index (χ4v) is 4.74. The van der Waals surface area contributed by atoms with Crippen molar-refractivity contribution in [2.75, 3.05) is 12.9 Å². The number of methoxy groups -OCH3 is 1. The fraction of sp³-hybridized carbons (Fsp3) is 0.429. The number of nitrogens with zero attached hydrogens (tertiary/aromatic N) is 1. The number of aromatic nitrogens is 1. The zero-order valence-electron chi connectivity index (χ0n) is 15.8. The summed E-state index contributed by atoms with van der Waals surface area (Å²) < 4.78 is 19.0. The third-order valence-corrected chi connectivity index (χ3v) is 6.48. The standard InChI is InChI=1S/C21H25NO4S/c1-3-4-14-27(25)16-9-7-15(8-10-16)20(23)19-12-11-18-17(21(24)26-2)6-5-13-22(18)19/h7-12,17H,3-6,13-14H2,1-2H3. The number of hydrogen-bond acceptors (Lipinski definition) is 4. The number of unbranched alkanes of at least 4 members (excludes halogenated alkanes) is 1. The summed E-state index contributed by atoms with van der Waals surface area (Å²) in [5.74, 6) is -0.0106. The minimum Gasteiger partial charge on any atom is -0.611 e. The maximum atomic E-state index is 13.0. The van der Waals surface area contributed by atoms with Crippen molar-refractivity contribution >= 4 is 22.9 Å². The molecule has 1 aromatic carbocycles. The first kappa shape index (κ1) is 19.7. The van der Waals surface area contributed by atoms with Crippen LogP contribution in [0.2, 0.25) is 0 Å². The van der Waals surface area contributed by atoms with Gasteiger partial charge < -0.3 is 13.9 Å². The SMILES string of the molecule is CCCC[S+]([O-])c1ccc(C(=O)c2ccc3n2CCCC3C(=O)OC)cc1. The van der Waals surface area contributed by atoms with Crippen molar-refractivity contribution in [1.29, 1.82) is 0 Å². The van der Waals surface area contributed by atoms with Gasteiger partial charge in [-0.1, -0.05) is 13.3 Å². The van der Waals surface area contributed by atoms with Gasteiger partial charge >= 0.3 is 5.97 Å². The van der Waals surface area contributed by atoms with Crippen LogP contribution in [0, 0.1) is 0 Å². The second-order valence-electron chi connectivity index (χ2n) is 6.77. The lowest BCUT2D eigenvalue weighted by atomic mass is 9.96. The molecule has 0 bridgehead atoms. The summed E-state index contributed by atoms with van der Waals surface area (Å²) in [5, 5.41) is 0. The van der Waals surface area contributed by atoms with Crippen LogP contribution in [0.3, 0.4) is 0 Å². The second kappa shape index (κ2) is 8.76. The molecule has 0 N–H and O–H groups in total. The van der Waals surface area contributed by atoms with E-state index in [-0.39, 0.29) is 17.7 Å². The van der Waals surface area contributed by atoms with Crippen molar-refractivity contribution in [3.8, 4) is 0 Å². The van der Waals surface area contributed by atoms with Gasteiger partial charge in [-0.2, -0.15) is 0 Å². The van der Waals surface area contributed by atoms with Crippen molar-refractivity contribution in [2.45, 2.75) is 50.0 Å². The minimum absolute atomic E-state index is 0.0855. The second-order valence-corrected chi connectivity index (χ2v) is 8.34. The summed E-state index contributed by atoms with van der Waals surface area (Å²) in [4.78, 5) is 25.7. The van der Waals surface area contributed by atoms with E-state index in [1.807, 2.05) is 10.6 Å². The Labute approximate surface area is 162 Å². The average Bonchev–Trinajstić information content (AvgIpc) is 3.15.